The van der Waals surface area contributed by atoms with Gasteiger partial charge in [-0.1, -0.05) is 30.3 Å². The molecule has 0 saturated carbocycles. The third-order valence-corrected chi connectivity index (χ3v) is 3.82. The van der Waals surface area contributed by atoms with Crippen molar-refractivity contribution in [3.63, 3.8) is 0 Å². The van der Waals surface area contributed by atoms with Crippen LogP contribution in [0.25, 0.3) is 0 Å². The van der Waals surface area contributed by atoms with Crippen LogP contribution in [0, 0.1) is 0 Å². The van der Waals surface area contributed by atoms with E-state index in [2.05, 4.69) is 0 Å². The summed E-state index contributed by atoms with van der Waals surface area (Å²) in [6.07, 6.45) is -3.99. The summed E-state index contributed by atoms with van der Waals surface area (Å²) in [6.45, 7) is 0.217. The predicted molar refractivity (Wildman–Crippen MR) is 71.8 cm³/mol. The molecule has 2 fully saturated rings. The Bertz CT molecular complexity index is 509. The number of primary amides is 1. The van der Waals surface area contributed by atoms with Crippen molar-refractivity contribution in [3.05, 3.63) is 35.9 Å². The van der Waals surface area contributed by atoms with E-state index in [-0.39, 0.29) is 6.61 Å². The monoisotopic (exact) mass is 294 g/mol. The van der Waals surface area contributed by atoms with Crippen LogP contribution in [0.4, 0.5) is 0 Å². The largest absolute Gasteiger partial charge is 0.388 e. The molecule has 0 aromatic heterocycles. The lowest BCUT2D eigenvalue weighted by molar-refractivity contribution is -0.303. The first kappa shape index (κ1) is 14.4. The Hall–Kier alpha value is -1.51. The van der Waals surface area contributed by atoms with Crippen LogP contribution < -0.4 is 11.5 Å². The minimum atomic E-state index is -1.20. The zero-order valence-corrected chi connectivity index (χ0v) is 11.3. The first-order chi connectivity index (χ1) is 10.1. The van der Waals surface area contributed by atoms with Crippen molar-refractivity contribution in [2.45, 2.75) is 36.7 Å². The highest BCUT2D eigenvalue weighted by Gasteiger charge is 2.49. The molecule has 2 aliphatic heterocycles. The summed E-state index contributed by atoms with van der Waals surface area (Å²) in [4.78, 5) is 11.3. The zero-order valence-electron chi connectivity index (χ0n) is 11.3. The Morgan fingerprint density at radius 3 is 2.62 bits per heavy atom. The van der Waals surface area contributed by atoms with E-state index in [4.69, 9.17) is 25.7 Å². The third kappa shape index (κ3) is 2.66. The number of aliphatic hydroxyl groups is 1. The summed E-state index contributed by atoms with van der Waals surface area (Å²) in [5.74, 6) is -0.749. The molecule has 7 heteroatoms. The minimum absolute atomic E-state index is 0.217. The Morgan fingerprint density at radius 1 is 1.24 bits per heavy atom. The van der Waals surface area contributed by atoms with Gasteiger partial charge >= 0.3 is 0 Å². The second-order valence-corrected chi connectivity index (χ2v) is 5.24. The second kappa shape index (κ2) is 5.70. The van der Waals surface area contributed by atoms with Crippen LogP contribution in [0.2, 0.25) is 0 Å². The maximum atomic E-state index is 11.3. The highest BCUT2D eigenvalue weighted by molar-refractivity contribution is 5.79. The summed E-state index contributed by atoms with van der Waals surface area (Å²) in [5.41, 5.74) is 12.0. The lowest BCUT2D eigenvalue weighted by Gasteiger charge is -2.46. The highest BCUT2D eigenvalue weighted by Crippen LogP contribution is 2.33. The van der Waals surface area contributed by atoms with Gasteiger partial charge in [0.05, 0.1) is 12.6 Å². The number of rotatable bonds is 2. The minimum Gasteiger partial charge on any atom is -0.388 e. The molecule has 1 aromatic carbocycles. The molecule has 0 bridgehead atoms. The van der Waals surface area contributed by atoms with Crippen LogP contribution in [0.5, 0.6) is 0 Å². The van der Waals surface area contributed by atoms with Crippen molar-refractivity contribution in [2.75, 3.05) is 6.61 Å². The van der Waals surface area contributed by atoms with Gasteiger partial charge in [0, 0.05) is 5.56 Å². The van der Waals surface area contributed by atoms with E-state index in [1.54, 1.807) is 0 Å². The van der Waals surface area contributed by atoms with Crippen LogP contribution in [0.15, 0.2) is 30.3 Å². The molecule has 5 N–H and O–H groups in total. The summed E-state index contributed by atoms with van der Waals surface area (Å²) >= 11 is 0. The molecule has 2 saturated heterocycles. The number of benzene rings is 1. The van der Waals surface area contributed by atoms with E-state index in [1.165, 1.54) is 0 Å². The molecule has 114 valence electrons. The first-order valence-corrected chi connectivity index (χ1v) is 6.78. The molecule has 1 amide bonds. The van der Waals surface area contributed by atoms with Gasteiger partial charge in [-0.05, 0) is 0 Å². The van der Waals surface area contributed by atoms with Crippen molar-refractivity contribution in [1.82, 2.24) is 0 Å². The number of hydrogen-bond acceptors (Lipinski definition) is 6. The molecule has 0 radical (unpaired) electrons. The van der Waals surface area contributed by atoms with E-state index in [0.29, 0.717) is 0 Å². The SMILES string of the molecule is NC(=O)C1OC2COC(c3ccccc3)OC2C(N)C1O. The number of carbonyl (C=O) groups excluding carboxylic acids is 1. The fourth-order valence-corrected chi connectivity index (χ4v) is 2.69. The molecular formula is C14H18N2O5. The molecule has 21 heavy (non-hydrogen) atoms. The van der Waals surface area contributed by atoms with Crippen LogP contribution in [0.1, 0.15) is 11.9 Å². The van der Waals surface area contributed by atoms with Crippen molar-refractivity contribution >= 4 is 5.91 Å². The predicted octanol–water partition coefficient (Wildman–Crippen LogP) is -0.958. The van der Waals surface area contributed by atoms with Crippen molar-refractivity contribution in [2.24, 2.45) is 11.5 Å². The van der Waals surface area contributed by atoms with Crippen LogP contribution in [-0.2, 0) is 19.0 Å². The third-order valence-electron chi connectivity index (χ3n) is 3.82. The fourth-order valence-electron chi connectivity index (χ4n) is 2.69. The van der Waals surface area contributed by atoms with Gasteiger partial charge in [-0.15, -0.1) is 0 Å². The van der Waals surface area contributed by atoms with E-state index in [9.17, 15) is 9.90 Å². The average Bonchev–Trinajstić information content (AvgIpc) is 2.51. The number of nitrogens with two attached hydrogens (primary N) is 2. The van der Waals surface area contributed by atoms with Gasteiger partial charge in [-0.2, -0.15) is 0 Å². The maximum Gasteiger partial charge on any atom is 0.249 e. The van der Waals surface area contributed by atoms with E-state index in [1.807, 2.05) is 30.3 Å². The normalized spacial score (nSPS) is 39.5. The standard InChI is InChI=1S/C14H18N2O5/c15-9-10(17)12(13(16)18)20-8-6-19-14(21-11(8)9)7-4-2-1-3-5-7/h1-5,8-12,14,17H,6,15H2,(H2,16,18). The summed E-state index contributed by atoms with van der Waals surface area (Å²) in [5, 5.41) is 10.0. The number of carbonyl (C=O) groups is 1. The molecular weight excluding hydrogens is 276 g/mol. The number of fused-ring (bicyclic) bond motifs is 1. The molecule has 2 heterocycles. The van der Waals surface area contributed by atoms with Crippen molar-refractivity contribution in [3.8, 4) is 0 Å². The molecule has 0 aliphatic carbocycles. The second-order valence-electron chi connectivity index (χ2n) is 5.24. The van der Waals surface area contributed by atoms with Gasteiger partial charge in [0.25, 0.3) is 0 Å². The van der Waals surface area contributed by atoms with Gasteiger partial charge in [-0.25, -0.2) is 0 Å². The van der Waals surface area contributed by atoms with Crippen molar-refractivity contribution in [1.29, 1.82) is 0 Å². The Morgan fingerprint density at radius 2 is 1.95 bits per heavy atom. The van der Waals surface area contributed by atoms with Crippen LogP contribution >= 0.6 is 0 Å². The fraction of sp³-hybridized carbons (Fsp3) is 0.500. The number of amides is 1. The maximum absolute atomic E-state index is 11.3. The van der Waals surface area contributed by atoms with Gasteiger partial charge in [0.1, 0.15) is 18.3 Å². The lowest BCUT2D eigenvalue weighted by Crippen LogP contribution is -2.67. The molecule has 0 spiro atoms. The summed E-state index contributed by atoms with van der Waals surface area (Å²) < 4.78 is 16.9. The van der Waals surface area contributed by atoms with Crippen molar-refractivity contribution < 1.29 is 24.1 Å². The van der Waals surface area contributed by atoms with Gasteiger partial charge in [0.2, 0.25) is 5.91 Å². The molecule has 3 rings (SSSR count). The molecule has 7 nitrogen and oxygen atoms in total. The Labute approximate surface area is 121 Å². The van der Waals surface area contributed by atoms with E-state index < -0.39 is 42.7 Å². The molecule has 1 aromatic rings. The van der Waals surface area contributed by atoms with Crippen LogP contribution in [0.3, 0.4) is 0 Å². The van der Waals surface area contributed by atoms with Gasteiger partial charge in [0.15, 0.2) is 12.4 Å². The highest BCUT2D eigenvalue weighted by atomic mass is 16.7. The smallest absolute Gasteiger partial charge is 0.249 e. The quantitative estimate of drug-likeness (QED) is 0.647. The van der Waals surface area contributed by atoms with Gasteiger partial charge < -0.3 is 30.8 Å². The van der Waals surface area contributed by atoms with Crippen LogP contribution in [-0.4, -0.2) is 48.1 Å². The molecule has 6 unspecified atom stereocenters. The van der Waals surface area contributed by atoms with E-state index >= 15 is 0 Å². The van der Waals surface area contributed by atoms with Gasteiger partial charge in [-0.3, -0.25) is 4.79 Å². The topological polar surface area (TPSA) is 117 Å². The molecule has 2 aliphatic rings. The Kier molecular flexibility index (Phi) is 3.92. The number of aliphatic hydroxyl groups excluding tert-OH is 1. The summed E-state index contributed by atoms with van der Waals surface area (Å²) in [7, 11) is 0. The zero-order chi connectivity index (χ0) is 15.0. The molecule has 6 atom stereocenters. The summed E-state index contributed by atoms with van der Waals surface area (Å²) in [6, 6.07) is 8.64. The van der Waals surface area contributed by atoms with E-state index in [0.717, 1.165) is 5.56 Å². The lowest BCUT2D eigenvalue weighted by atomic mass is 9.92. The average molecular weight is 294 g/mol. The Balaban J connectivity index is 1.76. The number of hydrogen-bond donors (Lipinski definition) is 3. The number of ether oxygens (including phenoxy) is 3. The first-order valence-electron chi connectivity index (χ1n) is 6.78.